The average molecular weight is 226 g/mol. The van der Waals surface area contributed by atoms with Crippen molar-refractivity contribution in [2.75, 3.05) is 0 Å². The number of aryl methyl sites for hydroxylation is 1. The van der Waals surface area contributed by atoms with Gasteiger partial charge in [-0.25, -0.2) is 4.98 Å². The van der Waals surface area contributed by atoms with Gasteiger partial charge in [0.15, 0.2) is 5.78 Å². The lowest BCUT2D eigenvalue weighted by atomic mass is 9.91. The summed E-state index contributed by atoms with van der Waals surface area (Å²) < 4.78 is 2.00. The van der Waals surface area contributed by atoms with Gasteiger partial charge in [-0.3, -0.25) is 4.79 Å². The number of hydrogen-bond donors (Lipinski definition) is 0. The number of rotatable bonds is 1. The predicted molar refractivity (Wildman–Crippen MR) is 65.0 cm³/mol. The summed E-state index contributed by atoms with van der Waals surface area (Å²) in [6.07, 6.45) is 3.64. The number of hydrogen-bond acceptors (Lipinski definition) is 2. The Balaban J connectivity index is 2.19. The largest absolute Gasteiger partial charge is 0.337 e. The summed E-state index contributed by atoms with van der Waals surface area (Å²) in [5, 5.41) is 0. The van der Waals surface area contributed by atoms with Gasteiger partial charge in [-0.05, 0) is 5.56 Å². The molecule has 2 unspecified atom stereocenters. The quantitative estimate of drug-likeness (QED) is 0.748. The van der Waals surface area contributed by atoms with Gasteiger partial charge in [0.1, 0.15) is 0 Å². The molecule has 1 heterocycles. The van der Waals surface area contributed by atoms with Crippen molar-refractivity contribution < 1.29 is 4.79 Å². The van der Waals surface area contributed by atoms with Crippen LogP contribution in [-0.2, 0) is 7.05 Å². The maximum absolute atomic E-state index is 12.2. The van der Waals surface area contributed by atoms with Gasteiger partial charge in [0, 0.05) is 36.3 Å². The van der Waals surface area contributed by atoms with Crippen molar-refractivity contribution in [3.8, 4) is 0 Å². The van der Waals surface area contributed by atoms with E-state index in [1.54, 1.807) is 6.33 Å². The molecule has 0 spiro atoms. The Morgan fingerprint density at radius 2 is 2.06 bits per heavy atom. The predicted octanol–water partition coefficient (Wildman–Crippen LogP) is 2.38. The fraction of sp³-hybridized carbons (Fsp3) is 0.286. The van der Waals surface area contributed by atoms with Crippen LogP contribution in [0.4, 0.5) is 0 Å². The van der Waals surface area contributed by atoms with Crippen molar-refractivity contribution in [1.82, 2.24) is 9.55 Å². The summed E-state index contributed by atoms with van der Waals surface area (Å²) in [6, 6.07) is 7.89. The van der Waals surface area contributed by atoms with Crippen LogP contribution in [0.3, 0.4) is 0 Å². The number of carbonyl (C=O) groups excluding carboxylic acids is 1. The van der Waals surface area contributed by atoms with Crippen LogP contribution in [0.15, 0.2) is 36.8 Å². The van der Waals surface area contributed by atoms with E-state index < -0.39 is 0 Å². The van der Waals surface area contributed by atoms with E-state index in [0.29, 0.717) is 0 Å². The van der Waals surface area contributed by atoms with E-state index in [4.69, 9.17) is 0 Å². The number of Topliss-reactive ketones (excluding diaryl/α,β-unsaturated/α-hetero) is 1. The number of carbonyl (C=O) groups is 1. The van der Waals surface area contributed by atoms with E-state index in [-0.39, 0.29) is 17.6 Å². The Labute approximate surface area is 100 Å². The summed E-state index contributed by atoms with van der Waals surface area (Å²) in [7, 11) is 1.97. The number of imidazole rings is 1. The fourth-order valence-electron chi connectivity index (χ4n) is 2.74. The Hall–Kier alpha value is -1.90. The first kappa shape index (κ1) is 10.3. The zero-order valence-electron chi connectivity index (χ0n) is 9.92. The molecule has 0 saturated carbocycles. The molecular weight excluding hydrogens is 212 g/mol. The highest BCUT2D eigenvalue weighted by atomic mass is 16.1. The smallest absolute Gasteiger partial charge is 0.166 e. The highest BCUT2D eigenvalue weighted by Gasteiger charge is 2.38. The lowest BCUT2D eigenvalue weighted by Gasteiger charge is -2.15. The van der Waals surface area contributed by atoms with E-state index >= 15 is 0 Å². The zero-order valence-corrected chi connectivity index (χ0v) is 9.92. The summed E-state index contributed by atoms with van der Waals surface area (Å²) in [4.78, 5) is 16.3. The molecule has 0 bridgehead atoms. The van der Waals surface area contributed by atoms with Crippen LogP contribution in [-0.4, -0.2) is 15.3 Å². The normalized spacial score (nSPS) is 22.8. The Morgan fingerprint density at radius 3 is 2.76 bits per heavy atom. The molecule has 86 valence electrons. The van der Waals surface area contributed by atoms with E-state index in [2.05, 4.69) is 11.1 Å². The van der Waals surface area contributed by atoms with Crippen molar-refractivity contribution in [3.63, 3.8) is 0 Å². The molecule has 1 aliphatic rings. The van der Waals surface area contributed by atoms with Gasteiger partial charge in [0.25, 0.3) is 0 Å². The van der Waals surface area contributed by atoms with Gasteiger partial charge in [-0.15, -0.1) is 0 Å². The maximum atomic E-state index is 12.2. The van der Waals surface area contributed by atoms with Crippen molar-refractivity contribution in [3.05, 3.63) is 53.6 Å². The summed E-state index contributed by atoms with van der Waals surface area (Å²) in [5.74, 6) is 0.390. The molecule has 1 aliphatic carbocycles. The zero-order chi connectivity index (χ0) is 12.0. The second-order valence-electron chi connectivity index (χ2n) is 4.65. The molecule has 3 rings (SSSR count). The SMILES string of the molecule is CC1C(=O)c2ccccc2C1c1cncn1C. The Kier molecular flexibility index (Phi) is 2.15. The molecule has 3 nitrogen and oxygen atoms in total. The fourth-order valence-corrected chi connectivity index (χ4v) is 2.74. The van der Waals surface area contributed by atoms with E-state index in [0.717, 1.165) is 16.8 Å². The Bertz CT molecular complexity index is 585. The standard InChI is InChI=1S/C14H14N2O/c1-9-13(12-7-15-8-16(12)2)10-5-3-4-6-11(10)14(9)17/h3-9,13H,1-2H3. The molecule has 0 fully saturated rings. The van der Waals surface area contributed by atoms with Gasteiger partial charge in [-0.2, -0.15) is 0 Å². The van der Waals surface area contributed by atoms with E-state index in [1.165, 1.54) is 0 Å². The molecule has 0 radical (unpaired) electrons. The minimum absolute atomic E-state index is 0.00259. The molecule has 17 heavy (non-hydrogen) atoms. The minimum atomic E-state index is 0.00259. The van der Waals surface area contributed by atoms with Crippen molar-refractivity contribution in [2.24, 2.45) is 13.0 Å². The molecule has 2 atom stereocenters. The lowest BCUT2D eigenvalue weighted by Crippen LogP contribution is -2.13. The van der Waals surface area contributed by atoms with Gasteiger partial charge in [-0.1, -0.05) is 31.2 Å². The second-order valence-corrected chi connectivity index (χ2v) is 4.65. The topological polar surface area (TPSA) is 34.9 Å². The summed E-state index contributed by atoms with van der Waals surface area (Å²) >= 11 is 0. The highest BCUT2D eigenvalue weighted by Crippen LogP contribution is 2.41. The molecule has 2 aromatic rings. The van der Waals surface area contributed by atoms with Crippen LogP contribution in [0.25, 0.3) is 0 Å². The van der Waals surface area contributed by atoms with Crippen LogP contribution < -0.4 is 0 Å². The van der Waals surface area contributed by atoms with Crippen molar-refractivity contribution in [2.45, 2.75) is 12.8 Å². The first-order valence-electron chi connectivity index (χ1n) is 5.79. The van der Waals surface area contributed by atoms with Gasteiger partial charge >= 0.3 is 0 Å². The van der Waals surface area contributed by atoms with E-state index in [1.807, 2.05) is 42.9 Å². The number of ketones is 1. The van der Waals surface area contributed by atoms with Crippen molar-refractivity contribution in [1.29, 1.82) is 0 Å². The molecule has 0 saturated heterocycles. The number of aromatic nitrogens is 2. The highest BCUT2D eigenvalue weighted by molar-refractivity contribution is 6.03. The monoisotopic (exact) mass is 226 g/mol. The number of nitrogens with zero attached hydrogens (tertiary/aromatic N) is 2. The second kappa shape index (κ2) is 3.55. The van der Waals surface area contributed by atoms with Crippen LogP contribution in [0.5, 0.6) is 0 Å². The van der Waals surface area contributed by atoms with E-state index in [9.17, 15) is 4.79 Å². The van der Waals surface area contributed by atoms with Crippen LogP contribution in [0.1, 0.15) is 34.5 Å². The first-order valence-corrected chi connectivity index (χ1v) is 5.79. The molecular formula is C14H14N2O. The molecule has 0 N–H and O–H groups in total. The third-order valence-electron chi connectivity index (χ3n) is 3.65. The third-order valence-corrected chi connectivity index (χ3v) is 3.65. The molecule has 1 aromatic heterocycles. The van der Waals surface area contributed by atoms with Crippen LogP contribution in [0.2, 0.25) is 0 Å². The molecule has 0 aliphatic heterocycles. The number of benzene rings is 1. The number of fused-ring (bicyclic) bond motifs is 1. The Morgan fingerprint density at radius 1 is 1.29 bits per heavy atom. The molecule has 3 heteroatoms. The average Bonchev–Trinajstić information content (AvgIpc) is 2.84. The van der Waals surface area contributed by atoms with Gasteiger partial charge in [0.2, 0.25) is 0 Å². The van der Waals surface area contributed by atoms with Crippen LogP contribution >= 0.6 is 0 Å². The molecule has 0 amide bonds. The lowest BCUT2D eigenvalue weighted by molar-refractivity contribution is 0.0938. The van der Waals surface area contributed by atoms with Gasteiger partial charge in [0.05, 0.1) is 6.33 Å². The molecule has 1 aromatic carbocycles. The van der Waals surface area contributed by atoms with Crippen molar-refractivity contribution >= 4 is 5.78 Å². The summed E-state index contributed by atoms with van der Waals surface area (Å²) in [6.45, 7) is 2.00. The first-order chi connectivity index (χ1) is 8.20. The minimum Gasteiger partial charge on any atom is -0.337 e. The van der Waals surface area contributed by atoms with Gasteiger partial charge < -0.3 is 4.57 Å². The maximum Gasteiger partial charge on any atom is 0.166 e. The van der Waals surface area contributed by atoms with Crippen LogP contribution in [0, 0.1) is 5.92 Å². The summed E-state index contributed by atoms with van der Waals surface area (Å²) in [5.41, 5.74) is 3.11. The third kappa shape index (κ3) is 1.35.